The third kappa shape index (κ3) is 6.20. The van der Waals surface area contributed by atoms with Crippen molar-refractivity contribution in [1.82, 2.24) is 9.55 Å². The van der Waals surface area contributed by atoms with Crippen LogP contribution in [0.15, 0.2) is 65.6 Å². The Hall–Kier alpha value is -4.18. The molecule has 4 rings (SSSR count). The van der Waals surface area contributed by atoms with Gasteiger partial charge in [0.25, 0.3) is 11.5 Å². The van der Waals surface area contributed by atoms with Gasteiger partial charge in [0.15, 0.2) is 0 Å². The van der Waals surface area contributed by atoms with Gasteiger partial charge in [0.05, 0.1) is 17.7 Å². The second kappa shape index (κ2) is 11.9. The van der Waals surface area contributed by atoms with Gasteiger partial charge in [-0.25, -0.2) is 4.98 Å². The molecule has 0 aliphatic heterocycles. The smallest absolute Gasteiger partial charge is 0.395 e. The Kier molecular flexibility index (Phi) is 8.90. The summed E-state index contributed by atoms with van der Waals surface area (Å²) in [5, 5.41) is 15.3. The van der Waals surface area contributed by atoms with Gasteiger partial charge in [-0.1, -0.05) is 26.0 Å². The van der Waals surface area contributed by atoms with E-state index in [0.29, 0.717) is 40.1 Å². The van der Waals surface area contributed by atoms with Crippen LogP contribution in [0.2, 0.25) is 0 Å². The van der Waals surface area contributed by atoms with Gasteiger partial charge in [-0.15, -0.1) is 0 Å². The molecule has 2 heterocycles. The van der Waals surface area contributed by atoms with Gasteiger partial charge in [0.2, 0.25) is 0 Å². The van der Waals surface area contributed by atoms with Crippen molar-refractivity contribution in [2.75, 3.05) is 23.8 Å². The number of alkyl halides is 3. The number of aliphatic hydroxyl groups is 1. The predicted molar refractivity (Wildman–Crippen MR) is 143 cm³/mol. The SMILES string of the molecule is CC.Cc1ccc(NC(=O)c2cccc(C(F)(F)F)c2)cc1-c1cc2cnc(NCCO)cc2n(C)c1=O. The Labute approximate surface area is 218 Å². The zero-order chi connectivity index (χ0) is 28.0. The fourth-order valence-electron chi connectivity index (χ4n) is 3.87. The monoisotopic (exact) mass is 526 g/mol. The number of aromatic nitrogens is 2. The Bertz CT molecular complexity index is 1510. The van der Waals surface area contributed by atoms with Crippen molar-refractivity contribution in [2.45, 2.75) is 26.9 Å². The standard InChI is InChI=1S/C26H23F3N4O3.C2H6/c1-15-6-7-19(32-24(35)16-4-3-5-18(10-16)26(27,28)29)12-20(15)21-11-17-14-31-23(30-8-9-34)13-22(17)33(2)25(21)36;1-2/h3-7,10-14,34H,8-9H2,1-2H3,(H,30,31)(H,32,35);1-2H3. The summed E-state index contributed by atoms with van der Waals surface area (Å²) in [5.74, 6) is -0.177. The first-order valence-electron chi connectivity index (χ1n) is 12.0. The minimum absolute atomic E-state index is 0.0580. The molecule has 38 heavy (non-hydrogen) atoms. The molecule has 2 aromatic carbocycles. The van der Waals surface area contributed by atoms with E-state index in [1.54, 1.807) is 43.6 Å². The van der Waals surface area contributed by atoms with Crippen LogP contribution in [-0.4, -0.2) is 33.7 Å². The number of amides is 1. The first-order chi connectivity index (χ1) is 18.1. The van der Waals surface area contributed by atoms with E-state index in [4.69, 9.17) is 5.11 Å². The number of nitrogens with one attached hydrogen (secondary N) is 2. The van der Waals surface area contributed by atoms with E-state index in [1.165, 1.54) is 16.7 Å². The first-order valence-corrected chi connectivity index (χ1v) is 12.0. The van der Waals surface area contributed by atoms with Gasteiger partial charge >= 0.3 is 6.18 Å². The van der Waals surface area contributed by atoms with E-state index in [9.17, 15) is 22.8 Å². The zero-order valence-corrected chi connectivity index (χ0v) is 21.5. The van der Waals surface area contributed by atoms with Crippen molar-refractivity contribution in [3.63, 3.8) is 0 Å². The topological polar surface area (TPSA) is 96.2 Å². The number of hydrogen-bond donors (Lipinski definition) is 3. The number of anilines is 2. The number of pyridine rings is 2. The molecule has 0 bridgehead atoms. The molecular formula is C28H29F3N4O3. The molecule has 1 amide bonds. The van der Waals surface area contributed by atoms with Crippen LogP contribution >= 0.6 is 0 Å². The fourth-order valence-corrected chi connectivity index (χ4v) is 3.87. The first kappa shape index (κ1) is 28.4. The third-order valence-electron chi connectivity index (χ3n) is 5.76. The molecule has 0 aliphatic carbocycles. The van der Waals surface area contributed by atoms with Gasteiger partial charge in [-0.3, -0.25) is 9.59 Å². The highest BCUT2D eigenvalue weighted by Gasteiger charge is 2.31. The average molecular weight is 527 g/mol. The minimum Gasteiger partial charge on any atom is -0.395 e. The Morgan fingerprint density at radius 1 is 1.05 bits per heavy atom. The third-order valence-corrected chi connectivity index (χ3v) is 5.76. The number of aliphatic hydroxyl groups excluding tert-OH is 1. The van der Waals surface area contributed by atoms with Crippen LogP contribution in [0.3, 0.4) is 0 Å². The van der Waals surface area contributed by atoms with Crippen molar-refractivity contribution in [3.8, 4) is 11.1 Å². The zero-order valence-electron chi connectivity index (χ0n) is 21.5. The molecule has 0 spiro atoms. The predicted octanol–water partition coefficient (Wildman–Crippen LogP) is 5.61. The molecule has 7 nitrogen and oxygen atoms in total. The quantitative estimate of drug-likeness (QED) is 0.304. The molecule has 0 radical (unpaired) electrons. The number of carbonyl (C=O) groups excluding carboxylic acids is 1. The summed E-state index contributed by atoms with van der Waals surface area (Å²) in [7, 11) is 1.64. The lowest BCUT2D eigenvalue weighted by Crippen LogP contribution is -2.20. The summed E-state index contributed by atoms with van der Waals surface area (Å²) in [4.78, 5) is 30.2. The summed E-state index contributed by atoms with van der Waals surface area (Å²) in [6.07, 6.45) is -2.94. The minimum atomic E-state index is -4.56. The summed E-state index contributed by atoms with van der Waals surface area (Å²) >= 11 is 0. The van der Waals surface area contributed by atoms with Crippen molar-refractivity contribution in [3.05, 3.63) is 87.8 Å². The molecule has 3 N–H and O–H groups in total. The summed E-state index contributed by atoms with van der Waals surface area (Å²) < 4.78 is 40.6. The lowest BCUT2D eigenvalue weighted by molar-refractivity contribution is -0.137. The lowest BCUT2D eigenvalue weighted by Gasteiger charge is -2.14. The van der Waals surface area contributed by atoms with Crippen molar-refractivity contribution in [1.29, 1.82) is 0 Å². The lowest BCUT2D eigenvalue weighted by atomic mass is 9.99. The van der Waals surface area contributed by atoms with Gasteiger partial charge in [-0.05, 0) is 54.4 Å². The second-order valence-corrected chi connectivity index (χ2v) is 8.26. The maximum atomic E-state index is 13.2. The van der Waals surface area contributed by atoms with Gasteiger partial charge in [-0.2, -0.15) is 13.2 Å². The van der Waals surface area contributed by atoms with E-state index in [-0.39, 0.29) is 17.7 Å². The molecule has 2 aromatic heterocycles. The fraction of sp³-hybridized carbons (Fsp3) is 0.250. The number of aryl methyl sites for hydroxylation is 2. The second-order valence-electron chi connectivity index (χ2n) is 8.26. The van der Waals surface area contributed by atoms with Crippen molar-refractivity contribution >= 4 is 28.3 Å². The highest BCUT2D eigenvalue weighted by atomic mass is 19.4. The molecule has 0 atom stereocenters. The number of halogens is 3. The van der Waals surface area contributed by atoms with E-state index in [1.807, 2.05) is 20.8 Å². The van der Waals surface area contributed by atoms with Crippen LogP contribution < -0.4 is 16.2 Å². The van der Waals surface area contributed by atoms with Gasteiger partial charge in [0.1, 0.15) is 5.82 Å². The van der Waals surface area contributed by atoms with E-state index in [2.05, 4.69) is 15.6 Å². The number of nitrogens with zero attached hydrogens (tertiary/aromatic N) is 2. The van der Waals surface area contributed by atoms with Crippen LogP contribution in [0.5, 0.6) is 0 Å². The summed E-state index contributed by atoms with van der Waals surface area (Å²) in [6.45, 7) is 6.08. The molecule has 0 saturated heterocycles. The number of hydrogen-bond acceptors (Lipinski definition) is 5. The van der Waals surface area contributed by atoms with Crippen LogP contribution in [0.25, 0.3) is 22.0 Å². The van der Waals surface area contributed by atoms with Crippen LogP contribution in [-0.2, 0) is 13.2 Å². The largest absolute Gasteiger partial charge is 0.416 e. The van der Waals surface area contributed by atoms with Crippen LogP contribution in [0, 0.1) is 6.92 Å². The molecule has 0 unspecified atom stereocenters. The Morgan fingerprint density at radius 3 is 2.47 bits per heavy atom. The van der Waals surface area contributed by atoms with E-state index >= 15 is 0 Å². The van der Waals surface area contributed by atoms with Crippen molar-refractivity contribution < 1.29 is 23.1 Å². The maximum Gasteiger partial charge on any atom is 0.416 e. The molecule has 0 saturated carbocycles. The highest BCUT2D eigenvalue weighted by molar-refractivity contribution is 6.04. The van der Waals surface area contributed by atoms with Gasteiger partial charge < -0.3 is 20.3 Å². The Balaban J connectivity index is 0.00000195. The van der Waals surface area contributed by atoms with Crippen LogP contribution in [0.4, 0.5) is 24.7 Å². The van der Waals surface area contributed by atoms with Crippen molar-refractivity contribution in [2.24, 2.45) is 7.05 Å². The number of rotatable bonds is 6. The van der Waals surface area contributed by atoms with Gasteiger partial charge in [0, 0.05) is 48.1 Å². The van der Waals surface area contributed by atoms with E-state index < -0.39 is 17.6 Å². The molecule has 4 aromatic rings. The normalized spacial score (nSPS) is 11.1. The Morgan fingerprint density at radius 2 is 1.79 bits per heavy atom. The molecule has 0 fully saturated rings. The van der Waals surface area contributed by atoms with Crippen LogP contribution in [0.1, 0.15) is 35.3 Å². The molecular weight excluding hydrogens is 497 g/mol. The summed E-state index contributed by atoms with van der Waals surface area (Å²) in [6, 6.07) is 12.6. The highest BCUT2D eigenvalue weighted by Crippen LogP contribution is 2.30. The molecule has 10 heteroatoms. The van der Waals surface area contributed by atoms with E-state index in [0.717, 1.165) is 17.7 Å². The number of fused-ring (bicyclic) bond motifs is 1. The number of benzene rings is 2. The maximum absolute atomic E-state index is 13.2. The number of carbonyl (C=O) groups is 1. The average Bonchev–Trinajstić information content (AvgIpc) is 2.91. The summed E-state index contributed by atoms with van der Waals surface area (Å²) in [5.41, 5.74) is 1.39. The molecule has 0 aliphatic rings. The molecule has 200 valence electrons.